The van der Waals surface area contributed by atoms with Crippen LogP contribution in [0.5, 0.6) is 0 Å². The van der Waals surface area contributed by atoms with E-state index in [-0.39, 0.29) is 9.75 Å². The molecule has 11 heteroatoms. The van der Waals surface area contributed by atoms with Crippen molar-refractivity contribution < 1.29 is 13.2 Å². The van der Waals surface area contributed by atoms with Crippen LogP contribution >= 0.6 is 24.0 Å². The minimum atomic E-state index is -4.23. The normalized spacial score (nSPS) is 24.2. The molecule has 0 radical (unpaired) electrons. The van der Waals surface area contributed by atoms with Crippen LogP contribution in [-0.4, -0.2) is 45.1 Å². The smallest absolute Gasteiger partial charge is 0.356 e. The van der Waals surface area contributed by atoms with Crippen LogP contribution in [0.15, 0.2) is 18.6 Å². The lowest BCUT2D eigenvalue weighted by Crippen LogP contribution is -2.46. The van der Waals surface area contributed by atoms with Gasteiger partial charge in [0.15, 0.2) is 0 Å². The predicted octanol–water partition coefficient (Wildman–Crippen LogP) is 4.60. The summed E-state index contributed by atoms with van der Waals surface area (Å²) in [5.74, 6) is 0.734. The van der Waals surface area contributed by atoms with Gasteiger partial charge in [0.05, 0.1) is 22.9 Å². The van der Waals surface area contributed by atoms with E-state index < -0.39 is 12.6 Å². The van der Waals surface area contributed by atoms with E-state index in [1.807, 2.05) is 17.9 Å². The van der Waals surface area contributed by atoms with Gasteiger partial charge < -0.3 is 4.90 Å². The largest absolute Gasteiger partial charge is 0.393 e. The van der Waals surface area contributed by atoms with Gasteiger partial charge in [-0.15, -0.1) is 11.3 Å². The first-order valence-electron chi connectivity index (χ1n) is 11.3. The third-order valence-corrected chi connectivity index (χ3v) is 8.30. The second-order valence-electron chi connectivity index (χ2n) is 9.02. The minimum Gasteiger partial charge on any atom is -0.356 e. The summed E-state index contributed by atoms with van der Waals surface area (Å²) in [6, 6.07) is 1.90. The monoisotopic (exact) mass is 496 g/mol. The minimum absolute atomic E-state index is 0.273. The van der Waals surface area contributed by atoms with Crippen LogP contribution in [0.25, 0.3) is 10.2 Å². The van der Waals surface area contributed by atoms with Crippen LogP contribution in [0.2, 0.25) is 0 Å². The van der Waals surface area contributed by atoms with Crippen LogP contribution in [-0.2, 0) is 24.8 Å². The maximum atomic E-state index is 12.9. The number of aryl methyl sites for hydroxylation is 1. The number of nitrogens with one attached hydrogen (secondary N) is 1. The van der Waals surface area contributed by atoms with E-state index in [4.69, 9.17) is 12.6 Å². The van der Waals surface area contributed by atoms with E-state index in [1.165, 1.54) is 17.6 Å². The summed E-state index contributed by atoms with van der Waals surface area (Å²) in [4.78, 5) is 11.4. The summed E-state index contributed by atoms with van der Waals surface area (Å²) < 4.78 is 40.6. The van der Waals surface area contributed by atoms with Gasteiger partial charge in [-0.05, 0) is 44.6 Å². The molecule has 3 aromatic heterocycles. The SMILES string of the molecule is Cn1ncc2c1CCC[C@@]2(S)N[C@@H]1CCCN(c2ncnc3sc(CC(F)(F)F)cc23)CC1. The highest BCUT2D eigenvalue weighted by molar-refractivity contribution is 7.81. The fourth-order valence-electron chi connectivity index (χ4n) is 5.12. The fourth-order valence-corrected chi connectivity index (χ4v) is 6.67. The van der Waals surface area contributed by atoms with Crippen LogP contribution in [0.4, 0.5) is 19.0 Å². The Morgan fingerprint density at radius 2 is 2.09 bits per heavy atom. The third kappa shape index (κ3) is 4.72. The van der Waals surface area contributed by atoms with Gasteiger partial charge in [0.2, 0.25) is 0 Å². The molecule has 1 aliphatic carbocycles. The molecule has 1 aliphatic heterocycles. The first kappa shape index (κ1) is 22.9. The quantitative estimate of drug-likeness (QED) is 0.409. The average Bonchev–Trinajstić information content (AvgIpc) is 3.24. The van der Waals surface area contributed by atoms with Gasteiger partial charge in [-0.25, -0.2) is 9.97 Å². The zero-order valence-electron chi connectivity index (χ0n) is 18.4. The Balaban J connectivity index is 1.32. The van der Waals surface area contributed by atoms with Crippen molar-refractivity contribution in [3.05, 3.63) is 34.7 Å². The molecule has 0 saturated carbocycles. The molecule has 1 N–H and O–H groups in total. The molecule has 4 heterocycles. The van der Waals surface area contributed by atoms with Crippen molar-refractivity contribution >= 4 is 40.0 Å². The number of halogens is 3. The molecule has 0 aromatic carbocycles. The zero-order valence-corrected chi connectivity index (χ0v) is 20.1. The molecule has 1 fully saturated rings. The molecule has 33 heavy (non-hydrogen) atoms. The zero-order chi connectivity index (χ0) is 23.2. The number of thiol groups is 1. The van der Waals surface area contributed by atoms with Crippen molar-refractivity contribution in [1.29, 1.82) is 0 Å². The summed E-state index contributed by atoms with van der Waals surface area (Å²) in [6.07, 6.45) is 4.16. The van der Waals surface area contributed by atoms with Crippen molar-refractivity contribution in [2.24, 2.45) is 7.05 Å². The number of rotatable bonds is 4. The number of fused-ring (bicyclic) bond motifs is 2. The first-order chi connectivity index (χ1) is 15.7. The predicted molar refractivity (Wildman–Crippen MR) is 127 cm³/mol. The number of aromatic nitrogens is 4. The summed E-state index contributed by atoms with van der Waals surface area (Å²) in [7, 11) is 1.98. The van der Waals surface area contributed by atoms with E-state index in [1.54, 1.807) is 6.07 Å². The molecule has 6 nitrogen and oxygen atoms in total. The Labute approximate surface area is 200 Å². The second-order valence-corrected chi connectivity index (χ2v) is 10.9. The number of hydrogen-bond acceptors (Lipinski definition) is 7. The summed E-state index contributed by atoms with van der Waals surface area (Å²) >= 11 is 6.17. The number of nitrogens with zero attached hydrogens (tertiary/aromatic N) is 5. The van der Waals surface area contributed by atoms with Gasteiger partial charge in [0.25, 0.3) is 0 Å². The van der Waals surface area contributed by atoms with Crippen LogP contribution in [0.1, 0.15) is 48.2 Å². The highest BCUT2D eigenvalue weighted by Gasteiger charge is 2.37. The molecule has 0 amide bonds. The molecule has 0 bridgehead atoms. The van der Waals surface area contributed by atoms with Gasteiger partial charge in [0.1, 0.15) is 17.0 Å². The molecular weight excluding hydrogens is 469 g/mol. The van der Waals surface area contributed by atoms with Crippen molar-refractivity contribution in [3.8, 4) is 0 Å². The van der Waals surface area contributed by atoms with E-state index in [9.17, 15) is 13.2 Å². The molecule has 0 spiro atoms. The molecule has 3 aromatic rings. The molecule has 178 valence electrons. The Morgan fingerprint density at radius 3 is 2.91 bits per heavy atom. The molecule has 2 aliphatic rings. The van der Waals surface area contributed by atoms with Gasteiger partial charge in [-0.3, -0.25) is 10.00 Å². The summed E-state index contributed by atoms with van der Waals surface area (Å²) in [6.45, 7) is 1.59. The van der Waals surface area contributed by atoms with Crippen LogP contribution in [0.3, 0.4) is 0 Å². The number of anilines is 1. The Bertz CT molecular complexity index is 1140. The van der Waals surface area contributed by atoms with Gasteiger partial charge in [-0.2, -0.15) is 30.9 Å². The van der Waals surface area contributed by atoms with Gasteiger partial charge in [0, 0.05) is 42.3 Å². The lowest BCUT2D eigenvalue weighted by molar-refractivity contribution is -0.126. The van der Waals surface area contributed by atoms with Crippen molar-refractivity contribution in [3.63, 3.8) is 0 Å². The van der Waals surface area contributed by atoms with E-state index >= 15 is 0 Å². The fraction of sp³-hybridized carbons (Fsp3) is 0.591. The first-order valence-corrected chi connectivity index (χ1v) is 12.5. The van der Waals surface area contributed by atoms with Crippen molar-refractivity contribution in [2.75, 3.05) is 18.0 Å². The molecule has 5 rings (SSSR count). The highest BCUT2D eigenvalue weighted by Crippen LogP contribution is 2.39. The molecule has 0 unspecified atom stereocenters. The van der Waals surface area contributed by atoms with E-state index in [0.29, 0.717) is 16.3 Å². The van der Waals surface area contributed by atoms with Gasteiger partial charge in [-0.1, -0.05) is 0 Å². The number of alkyl halides is 3. The molecule has 1 saturated heterocycles. The average molecular weight is 497 g/mol. The highest BCUT2D eigenvalue weighted by atomic mass is 32.1. The molecular formula is C22H27F3N6S2. The lowest BCUT2D eigenvalue weighted by Gasteiger charge is -2.37. The standard InChI is InChI=1S/C22H27F3N6S2/c1-30-18-5-2-7-21(32,17(18)12-28-30)29-14-4-3-8-31(9-6-14)19-16-10-15(11-22(23,24)25)33-20(16)27-13-26-19/h10,12-14,29,32H,2-9,11H2,1H3/t14-,21+/m1/s1. The Hall–Kier alpha value is -1.85. The van der Waals surface area contributed by atoms with E-state index in [0.717, 1.165) is 68.8 Å². The Kier molecular flexibility index (Phi) is 6.07. The molecule has 2 atom stereocenters. The number of hydrogen-bond donors (Lipinski definition) is 2. The van der Waals surface area contributed by atoms with Gasteiger partial charge >= 0.3 is 6.18 Å². The third-order valence-electron chi connectivity index (χ3n) is 6.66. The van der Waals surface area contributed by atoms with Crippen molar-refractivity contribution in [2.45, 2.75) is 62.0 Å². The second kappa shape index (κ2) is 8.74. The van der Waals surface area contributed by atoms with E-state index in [2.05, 4.69) is 25.3 Å². The maximum Gasteiger partial charge on any atom is 0.393 e. The maximum absolute atomic E-state index is 12.9. The van der Waals surface area contributed by atoms with Crippen molar-refractivity contribution in [1.82, 2.24) is 25.1 Å². The van der Waals surface area contributed by atoms with Crippen LogP contribution in [0, 0.1) is 0 Å². The summed E-state index contributed by atoms with van der Waals surface area (Å²) in [5, 5.41) is 8.97. The summed E-state index contributed by atoms with van der Waals surface area (Å²) in [5.41, 5.74) is 2.42. The van der Waals surface area contributed by atoms with Crippen LogP contribution < -0.4 is 10.2 Å². The lowest BCUT2D eigenvalue weighted by atomic mass is 9.91. The Morgan fingerprint density at radius 1 is 1.24 bits per heavy atom. The topological polar surface area (TPSA) is 58.9 Å². The number of thiophene rings is 1.